The molecule has 2 aromatic rings. The van der Waals surface area contributed by atoms with Crippen LogP contribution >= 0.6 is 0 Å². The van der Waals surface area contributed by atoms with Crippen LogP contribution in [0.25, 0.3) is 0 Å². The Morgan fingerprint density at radius 1 is 1.05 bits per heavy atom. The smallest absolute Gasteiger partial charge is 0.248 e. The highest BCUT2D eigenvalue weighted by atomic mass is 16.5. The molecule has 1 aliphatic carbocycles. The lowest BCUT2D eigenvalue weighted by atomic mass is 9.88. The summed E-state index contributed by atoms with van der Waals surface area (Å²) in [7, 11) is 0. The van der Waals surface area contributed by atoms with E-state index in [1.54, 1.807) is 18.2 Å². The molecule has 0 saturated heterocycles. The maximum atomic E-state index is 12.8. The van der Waals surface area contributed by atoms with Crippen molar-refractivity contribution < 1.29 is 19.4 Å². The molecule has 220 valence electrons. The Morgan fingerprint density at radius 2 is 1.60 bits per heavy atom. The van der Waals surface area contributed by atoms with Crippen molar-refractivity contribution in [1.29, 1.82) is 0 Å². The molecule has 1 aliphatic heterocycles. The zero-order chi connectivity index (χ0) is 30.3. The quantitative estimate of drug-likeness (QED) is 0.457. The van der Waals surface area contributed by atoms with Crippen molar-refractivity contribution in [3.63, 3.8) is 0 Å². The molecule has 4 rings (SSSR count). The topological polar surface area (TPSA) is 131 Å². The van der Waals surface area contributed by atoms with Gasteiger partial charge in [-0.1, -0.05) is 52.0 Å². The Balaban J connectivity index is 0.000000355. The van der Waals surface area contributed by atoms with Gasteiger partial charge >= 0.3 is 0 Å². The first kappa shape index (κ1) is 32.8. The summed E-state index contributed by atoms with van der Waals surface area (Å²) in [6.45, 7) is 15.9. The second-order valence-corrected chi connectivity index (χ2v) is 11.6. The minimum atomic E-state index is -0.541. The van der Waals surface area contributed by atoms with E-state index in [9.17, 15) is 14.7 Å². The van der Waals surface area contributed by atoms with Crippen molar-refractivity contribution in [2.75, 3.05) is 0 Å². The van der Waals surface area contributed by atoms with Crippen LogP contribution in [0.15, 0.2) is 47.5 Å². The van der Waals surface area contributed by atoms with Crippen LogP contribution in [0.4, 0.5) is 0 Å². The number of nitrogens with zero attached hydrogens (tertiary/aromatic N) is 2. The van der Waals surface area contributed by atoms with Gasteiger partial charge in [-0.3, -0.25) is 14.5 Å². The highest BCUT2D eigenvalue weighted by molar-refractivity contribution is 5.99. The lowest BCUT2D eigenvalue weighted by molar-refractivity contribution is -0.130. The molecular weight excluding hydrogens is 504 g/mol. The van der Waals surface area contributed by atoms with Crippen molar-refractivity contribution >= 4 is 17.8 Å². The second-order valence-electron chi connectivity index (χ2n) is 11.6. The summed E-state index contributed by atoms with van der Waals surface area (Å²) >= 11 is 0. The highest BCUT2D eigenvalue weighted by Crippen LogP contribution is 2.32. The first-order valence-corrected chi connectivity index (χ1v) is 14.2. The molecule has 0 bridgehead atoms. The van der Waals surface area contributed by atoms with E-state index in [4.69, 9.17) is 16.2 Å². The second kappa shape index (κ2) is 13.3. The van der Waals surface area contributed by atoms with E-state index in [1.807, 2.05) is 67.5 Å². The minimum absolute atomic E-state index is 0.0858. The maximum absolute atomic E-state index is 12.8. The molecule has 0 aromatic heterocycles. The van der Waals surface area contributed by atoms with Gasteiger partial charge in [-0.25, -0.2) is 4.99 Å². The summed E-state index contributed by atoms with van der Waals surface area (Å²) in [5.41, 5.74) is 13.8. The molecule has 0 fully saturated rings. The molecule has 2 aliphatic rings. The fourth-order valence-electron chi connectivity index (χ4n) is 4.92. The SMILES string of the molecule is CC.CC1(O)Cc2ccccc2C1.CCC1(CC)CC(=O)N(Cc2cc(C(N)=O)ccc2OC(C)(C)C)C(N)=N1. The van der Waals surface area contributed by atoms with E-state index < -0.39 is 22.6 Å². The number of aliphatic imine (C=N–C) groups is 1. The number of ether oxygens (including phenoxy) is 1. The maximum Gasteiger partial charge on any atom is 0.248 e. The van der Waals surface area contributed by atoms with Gasteiger partial charge in [0, 0.05) is 24.0 Å². The minimum Gasteiger partial charge on any atom is -0.488 e. The lowest BCUT2D eigenvalue weighted by Gasteiger charge is -2.36. The third kappa shape index (κ3) is 8.55. The van der Waals surface area contributed by atoms with Gasteiger partial charge in [-0.15, -0.1) is 0 Å². The van der Waals surface area contributed by atoms with Crippen LogP contribution in [-0.2, 0) is 24.2 Å². The molecule has 0 radical (unpaired) electrons. The average molecular weight is 553 g/mol. The van der Waals surface area contributed by atoms with Crippen LogP contribution in [0.5, 0.6) is 5.75 Å². The zero-order valence-corrected chi connectivity index (χ0v) is 25.5. The van der Waals surface area contributed by atoms with Gasteiger partial charge < -0.3 is 21.3 Å². The number of rotatable bonds is 6. The first-order valence-electron chi connectivity index (χ1n) is 14.2. The number of hydrogen-bond acceptors (Lipinski definition) is 6. The number of hydrogen-bond donors (Lipinski definition) is 3. The van der Waals surface area contributed by atoms with Gasteiger partial charge in [0.25, 0.3) is 0 Å². The average Bonchev–Trinajstić information content (AvgIpc) is 3.21. The van der Waals surface area contributed by atoms with Crippen LogP contribution < -0.4 is 16.2 Å². The number of aliphatic hydroxyl groups is 1. The number of carbonyl (C=O) groups is 2. The Morgan fingerprint density at radius 3 is 2.05 bits per heavy atom. The van der Waals surface area contributed by atoms with Crippen molar-refractivity contribution in [3.8, 4) is 5.75 Å². The number of nitrogens with two attached hydrogens (primary N) is 2. The Kier molecular flexibility index (Phi) is 10.9. The van der Waals surface area contributed by atoms with Crippen molar-refractivity contribution in [2.45, 2.75) is 111 Å². The molecule has 40 heavy (non-hydrogen) atoms. The molecule has 0 saturated carbocycles. The molecule has 1 heterocycles. The van der Waals surface area contributed by atoms with E-state index >= 15 is 0 Å². The summed E-state index contributed by atoms with van der Waals surface area (Å²) in [6, 6.07) is 13.2. The van der Waals surface area contributed by atoms with E-state index in [2.05, 4.69) is 17.1 Å². The highest BCUT2D eigenvalue weighted by Gasteiger charge is 2.37. The standard InChI is InChI=1S/C20H30N4O3.C10H12O.C2H6/c1-6-20(7-2)11-16(25)24(18(22)23-20)12-14-10-13(17(21)26)8-9-15(14)27-19(3,4)5;1-10(11)6-8-4-2-3-5-9(8)7-10;1-2/h8-10H,6-7,11-12H2,1-5H3,(H2,21,26)(H2,22,23);2-5,11H,6-7H2,1H3;1-2H3. The largest absolute Gasteiger partial charge is 0.488 e. The lowest BCUT2D eigenvalue weighted by Crippen LogP contribution is -2.50. The Hall–Kier alpha value is -3.39. The van der Waals surface area contributed by atoms with Crippen LogP contribution in [0.3, 0.4) is 0 Å². The molecule has 0 unspecified atom stereocenters. The van der Waals surface area contributed by atoms with Gasteiger partial charge in [-0.2, -0.15) is 0 Å². The van der Waals surface area contributed by atoms with Crippen LogP contribution in [0, 0.1) is 0 Å². The normalized spacial score (nSPS) is 17.0. The molecule has 8 heteroatoms. The van der Waals surface area contributed by atoms with Crippen LogP contribution in [-0.4, -0.2) is 44.5 Å². The number of primary amides is 1. The number of benzene rings is 2. The number of guanidine groups is 1. The third-order valence-corrected chi connectivity index (χ3v) is 7.08. The van der Waals surface area contributed by atoms with Gasteiger partial charge in [0.15, 0.2) is 5.96 Å². The number of carbonyl (C=O) groups excluding carboxylic acids is 2. The Labute approximate surface area is 239 Å². The molecule has 0 atom stereocenters. The van der Waals surface area contributed by atoms with Crippen LogP contribution in [0.1, 0.15) is 102 Å². The Bertz CT molecular complexity index is 1180. The number of fused-ring (bicyclic) bond motifs is 1. The van der Waals surface area contributed by atoms with Crippen LogP contribution in [0.2, 0.25) is 0 Å². The summed E-state index contributed by atoms with van der Waals surface area (Å²) < 4.78 is 5.99. The predicted octanol–water partition coefficient (Wildman–Crippen LogP) is 5.13. The predicted molar refractivity (Wildman–Crippen MR) is 161 cm³/mol. The number of amides is 2. The van der Waals surface area contributed by atoms with Gasteiger partial charge in [0.2, 0.25) is 11.8 Å². The molecule has 8 nitrogen and oxygen atoms in total. The summed E-state index contributed by atoms with van der Waals surface area (Å²) in [6.07, 6.45) is 3.43. The summed E-state index contributed by atoms with van der Waals surface area (Å²) in [5, 5.41) is 9.72. The van der Waals surface area contributed by atoms with Gasteiger partial charge in [0.1, 0.15) is 11.4 Å². The van der Waals surface area contributed by atoms with Crippen molar-refractivity contribution in [1.82, 2.24) is 4.90 Å². The molecule has 5 N–H and O–H groups in total. The molecule has 0 spiro atoms. The zero-order valence-electron chi connectivity index (χ0n) is 25.5. The molecule has 2 amide bonds. The monoisotopic (exact) mass is 552 g/mol. The van der Waals surface area contributed by atoms with Crippen molar-refractivity contribution in [3.05, 3.63) is 64.7 Å². The molecular formula is C32H48N4O4. The van der Waals surface area contributed by atoms with E-state index in [0.29, 0.717) is 23.3 Å². The van der Waals surface area contributed by atoms with Gasteiger partial charge in [-0.05, 0) is 69.9 Å². The van der Waals surface area contributed by atoms with Gasteiger partial charge in [0.05, 0.1) is 24.1 Å². The summed E-state index contributed by atoms with van der Waals surface area (Å²) in [5.74, 6) is 0.149. The van der Waals surface area contributed by atoms with E-state index in [-0.39, 0.29) is 18.4 Å². The third-order valence-electron chi connectivity index (χ3n) is 7.08. The van der Waals surface area contributed by atoms with E-state index in [0.717, 1.165) is 25.7 Å². The fourth-order valence-corrected chi connectivity index (χ4v) is 4.92. The van der Waals surface area contributed by atoms with E-state index in [1.165, 1.54) is 16.0 Å². The first-order chi connectivity index (χ1) is 18.7. The summed E-state index contributed by atoms with van der Waals surface area (Å²) in [4.78, 5) is 30.4. The molecule has 2 aromatic carbocycles. The van der Waals surface area contributed by atoms with Crippen molar-refractivity contribution in [2.24, 2.45) is 16.5 Å². The fraction of sp³-hybridized carbons (Fsp3) is 0.531.